The Bertz CT molecular complexity index is 1070. The minimum atomic E-state index is -3.65. The Hall–Kier alpha value is -2.42. The highest BCUT2D eigenvalue weighted by molar-refractivity contribution is 7.89. The fraction of sp³-hybridized carbons (Fsp3) is 0.333. The minimum absolute atomic E-state index is 0.0568. The molecule has 2 amide bonds. The molecule has 1 fully saturated rings. The molecule has 30 heavy (non-hydrogen) atoms. The lowest BCUT2D eigenvalue weighted by atomic mass is 10.1. The summed E-state index contributed by atoms with van der Waals surface area (Å²) in [5, 5.41) is 3.17. The van der Waals surface area contributed by atoms with Crippen LogP contribution in [0.5, 0.6) is 0 Å². The van der Waals surface area contributed by atoms with Gasteiger partial charge in [-0.25, -0.2) is 8.42 Å². The molecule has 0 radical (unpaired) electrons. The van der Waals surface area contributed by atoms with E-state index in [0.29, 0.717) is 48.0 Å². The number of hydrogen-bond donors (Lipinski definition) is 1. The van der Waals surface area contributed by atoms with Gasteiger partial charge in [0.05, 0.1) is 16.1 Å². The quantitative estimate of drug-likeness (QED) is 0.697. The summed E-state index contributed by atoms with van der Waals surface area (Å²) in [5.41, 5.74) is 1.10. The first kappa shape index (κ1) is 22.3. The van der Waals surface area contributed by atoms with Crippen molar-refractivity contribution in [1.82, 2.24) is 4.31 Å². The van der Waals surface area contributed by atoms with Crippen LogP contribution in [0, 0.1) is 0 Å². The van der Waals surface area contributed by atoms with Crippen molar-refractivity contribution in [3.05, 3.63) is 53.1 Å². The summed E-state index contributed by atoms with van der Waals surface area (Å²) in [6.07, 6.45) is 1.15. The van der Waals surface area contributed by atoms with Crippen molar-refractivity contribution in [3.63, 3.8) is 0 Å². The number of halogens is 1. The Labute approximate surface area is 181 Å². The fourth-order valence-corrected chi connectivity index (χ4v) is 5.14. The molecule has 0 spiro atoms. The zero-order chi connectivity index (χ0) is 21.9. The first-order valence-electron chi connectivity index (χ1n) is 9.79. The predicted molar refractivity (Wildman–Crippen MR) is 118 cm³/mol. The van der Waals surface area contributed by atoms with E-state index in [0.717, 1.165) is 6.42 Å². The molecule has 1 aliphatic heterocycles. The van der Waals surface area contributed by atoms with Gasteiger partial charge in [0.25, 0.3) is 5.91 Å². The molecule has 1 N–H and O–H groups in total. The van der Waals surface area contributed by atoms with Crippen molar-refractivity contribution in [2.75, 3.05) is 29.9 Å². The van der Waals surface area contributed by atoms with Gasteiger partial charge in [0.1, 0.15) is 0 Å². The lowest BCUT2D eigenvalue weighted by Gasteiger charge is -2.20. The highest BCUT2D eigenvalue weighted by atomic mass is 35.5. The third-order valence-electron chi connectivity index (χ3n) is 5.00. The van der Waals surface area contributed by atoms with Crippen LogP contribution in [0.4, 0.5) is 11.4 Å². The van der Waals surface area contributed by atoms with E-state index >= 15 is 0 Å². The van der Waals surface area contributed by atoms with Crippen molar-refractivity contribution in [2.24, 2.45) is 0 Å². The van der Waals surface area contributed by atoms with Crippen LogP contribution in [0.2, 0.25) is 5.02 Å². The Morgan fingerprint density at radius 3 is 2.53 bits per heavy atom. The molecular formula is C21H24ClN3O4S. The molecular weight excluding hydrogens is 426 g/mol. The van der Waals surface area contributed by atoms with E-state index in [2.05, 4.69) is 5.32 Å². The zero-order valence-electron chi connectivity index (χ0n) is 16.9. The summed E-state index contributed by atoms with van der Waals surface area (Å²) < 4.78 is 26.9. The topological polar surface area (TPSA) is 86.8 Å². The molecule has 2 aromatic rings. The molecule has 0 saturated carbocycles. The maximum absolute atomic E-state index is 13.0. The highest BCUT2D eigenvalue weighted by Crippen LogP contribution is 2.29. The van der Waals surface area contributed by atoms with Gasteiger partial charge in [-0.3, -0.25) is 9.59 Å². The zero-order valence-corrected chi connectivity index (χ0v) is 18.5. The Balaban J connectivity index is 1.90. The van der Waals surface area contributed by atoms with Crippen LogP contribution in [0.1, 0.15) is 37.0 Å². The number of rotatable bonds is 7. The van der Waals surface area contributed by atoms with Crippen molar-refractivity contribution < 1.29 is 18.0 Å². The number of carbonyl (C=O) groups is 2. The summed E-state index contributed by atoms with van der Waals surface area (Å²) in [6.45, 7) is 4.78. The molecule has 0 aliphatic carbocycles. The van der Waals surface area contributed by atoms with Gasteiger partial charge in [0, 0.05) is 36.8 Å². The summed E-state index contributed by atoms with van der Waals surface area (Å²) in [5.74, 6) is -0.502. The predicted octanol–water partition coefficient (Wildman–Crippen LogP) is 3.75. The van der Waals surface area contributed by atoms with Gasteiger partial charge < -0.3 is 10.2 Å². The highest BCUT2D eigenvalue weighted by Gasteiger charge is 2.27. The van der Waals surface area contributed by atoms with E-state index in [4.69, 9.17) is 11.6 Å². The summed E-state index contributed by atoms with van der Waals surface area (Å²) in [4.78, 5) is 26.8. The second kappa shape index (κ2) is 9.16. The monoisotopic (exact) mass is 449 g/mol. The molecule has 3 rings (SSSR count). The largest absolute Gasteiger partial charge is 0.322 e. The molecule has 0 unspecified atom stereocenters. The third kappa shape index (κ3) is 4.50. The average molecular weight is 450 g/mol. The van der Waals surface area contributed by atoms with Crippen molar-refractivity contribution in [3.8, 4) is 0 Å². The standard InChI is InChI=1S/C21H24ClN3O4S/c1-3-24(4-2)30(28,29)17-8-5-7-16(14-17)23-21(27)18-11-10-15(22)13-19(18)25-12-6-9-20(25)26/h5,7-8,10-11,13-14H,3-4,6,9,12H2,1-2H3,(H,23,27). The summed E-state index contributed by atoms with van der Waals surface area (Å²) >= 11 is 6.09. The molecule has 0 atom stereocenters. The smallest absolute Gasteiger partial charge is 0.257 e. The van der Waals surface area contributed by atoms with Crippen molar-refractivity contribution in [1.29, 1.82) is 0 Å². The van der Waals surface area contributed by atoms with Crippen LogP contribution in [-0.4, -0.2) is 44.2 Å². The number of nitrogens with zero attached hydrogens (tertiary/aromatic N) is 2. The first-order valence-corrected chi connectivity index (χ1v) is 11.6. The van der Waals surface area contributed by atoms with E-state index in [9.17, 15) is 18.0 Å². The van der Waals surface area contributed by atoms with Crippen LogP contribution in [0.15, 0.2) is 47.4 Å². The van der Waals surface area contributed by atoms with Crippen molar-refractivity contribution >= 4 is 44.8 Å². The fourth-order valence-electron chi connectivity index (χ4n) is 3.47. The number of benzene rings is 2. The van der Waals surface area contributed by atoms with Crippen LogP contribution < -0.4 is 10.2 Å². The maximum atomic E-state index is 13.0. The minimum Gasteiger partial charge on any atom is -0.322 e. The molecule has 9 heteroatoms. The summed E-state index contributed by atoms with van der Waals surface area (Å²) in [6, 6.07) is 10.9. The molecule has 7 nitrogen and oxygen atoms in total. The molecule has 0 bridgehead atoms. The average Bonchev–Trinajstić information content (AvgIpc) is 3.14. The van der Waals surface area contributed by atoms with E-state index in [1.165, 1.54) is 16.4 Å². The van der Waals surface area contributed by atoms with E-state index in [1.54, 1.807) is 49.1 Å². The molecule has 1 saturated heterocycles. The number of sulfonamides is 1. The number of nitrogens with one attached hydrogen (secondary N) is 1. The van der Waals surface area contributed by atoms with Gasteiger partial charge in [0.2, 0.25) is 15.9 Å². The molecule has 160 valence electrons. The number of carbonyl (C=O) groups excluding carboxylic acids is 2. The molecule has 2 aromatic carbocycles. The molecule has 1 heterocycles. The van der Waals surface area contributed by atoms with Gasteiger partial charge >= 0.3 is 0 Å². The van der Waals surface area contributed by atoms with E-state index in [-0.39, 0.29) is 10.8 Å². The first-order chi connectivity index (χ1) is 14.3. The number of anilines is 2. The van der Waals surface area contributed by atoms with Crippen LogP contribution >= 0.6 is 11.6 Å². The van der Waals surface area contributed by atoms with Crippen LogP contribution in [-0.2, 0) is 14.8 Å². The second-order valence-electron chi connectivity index (χ2n) is 6.88. The normalized spacial score (nSPS) is 14.4. The van der Waals surface area contributed by atoms with Gasteiger partial charge in [-0.1, -0.05) is 31.5 Å². The number of hydrogen-bond acceptors (Lipinski definition) is 4. The SMILES string of the molecule is CCN(CC)S(=O)(=O)c1cccc(NC(=O)c2ccc(Cl)cc2N2CCCC2=O)c1. The van der Waals surface area contributed by atoms with Gasteiger partial charge in [-0.2, -0.15) is 4.31 Å². The van der Waals surface area contributed by atoms with Gasteiger partial charge in [-0.15, -0.1) is 0 Å². The van der Waals surface area contributed by atoms with Gasteiger partial charge in [0.15, 0.2) is 0 Å². The Morgan fingerprint density at radius 2 is 1.90 bits per heavy atom. The van der Waals surface area contributed by atoms with Crippen LogP contribution in [0.3, 0.4) is 0 Å². The van der Waals surface area contributed by atoms with Gasteiger partial charge in [-0.05, 0) is 42.8 Å². The Morgan fingerprint density at radius 1 is 1.17 bits per heavy atom. The molecule has 0 aromatic heterocycles. The van der Waals surface area contributed by atoms with E-state index in [1.807, 2.05) is 0 Å². The molecule has 1 aliphatic rings. The Kier molecular flexibility index (Phi) is 6.80. The lowest BCUT2D eigenvalue weighted by molar-refractivity contribution is -0.117. The number of amides is 2. The third-order valence-corrected chi connectivity index (χ3v) is 7.28. The van der Waals surface area contributed by atoms with Crippen molar-refractivity contribution in [2.45, 2.75) is 31.6 Å². The lowest BCUT2D eigenvalue weighted by Crippen LogP contribution is -2.30. The maximum Gasteiger partial charge on any atom is 0.257 e. The van der Waals surface area contributed by atoms with E-state index < -0.39 is 15.9 Å². The second-order valence-corrected chi connectivity index (χ2v) is 9.26. The summed E-state index contributed by atoms with van der Waals surface area (Å²) in [7, 11) is -3.65. The van der Waals surface area contributed by atoms with Crippen LogP contribution in [0.25, 0.3) is 0 Å².